The maximum absolute atomic E-state index is 6.05. The summed E-state index contributed by atoms with van der Waals surface area (Å²) in [4.78, 5) is 1.22. The van der Waals surface area contributed by atoms with E-state index in [0.717, 1.165) is 32.7 Å². The van der Waals surface area contributed by atoms with Crippen LogP contribution in [0.15, 0.2) is 32.5 Å². The van der Waals surface area contributed by atoms with Gasteiger partial charge in [-0.05, 0) is 59.2 Å². The number of hydrogen-bond acceptors (Lipinski definition) is 3. The molecule has 2 nitrogen and oxygen atoms in total. The first kappa shape index (κ1) is 16.0. The second kappa shape index (κ2) is 7.59. The van der Waals surface area contributed by atoms with E-state index in [9.17, 15) is 0 Å². The van der Waals surface area contributed by atoms with Crippen LogP contribution in [0, 0.1) is 6.92 Å². The molecule has 2 aromatic rings. The fourth-order valence-electron chi connectivity index (χ4n) is 1.97. The third kappa shape index (κ3) is 4.32. The molecule has 0 saturated carbocycles. The molecule has 1 heterocycles. The van der Waals surface area contributed by atoms with Crippen molar-refractivity contribution in [3.63, 3.8) is 0 Å². The third-order valence-electron chi connectivity index (χ3n) is 2.87. The second-order valence-corrected chi connectivity index (χ2v) is 7.95. The van der Waals surface area contributed by atoms with Gasteiger partial charge in [0.05, 0.1) is 3.79 Å². The third-order valence-corrected chi connectivity index (χ3v) is 4.92. The van der Waals surface area contributed by atoms with Crippen molar-refractivity contribution >= 4 is 43.2 Å². The average molecular weight is 419 g/mol. The van der Waals surface area contributed by atoms with Crippen molar-refractivity contribution in [3.8, 4) is 5.75 Å². The van der Waals surface area contributed by atoms with E-state index in [-0.39, 0.29) is 0 Å². The van der Waals surface area contributed by atoms with E-state index in [2.05, 4.69) is 75.3 Å². The molecule has 0 atom stereocenters. The molecule has 0 bridgehead atoms. The zero-order valence-electron chi connectivity index (χ0n) is 11.5. The van der Waals surface area contributed by atoms with Crippen LogP contribution in [-0.2, 0) is 13.2 Å². The highest BCUT2D eigenvalue weighted by Crippen LogP contribution is 2.30. The number of ether oxygens (including phenoxy) is 1. The van der Waals surface area contributed by atoms with Gasteiger partial charge in [-0.25, -0.2) is 0 Å². The fraction of sp³-hybridized carbons (Fsp3) is 0.333. The molecule has 0 aliphatic rings. The highest BCUT2D eigenvalue weighted by atomic mass is 79.9. The summed E-state index contributed by atoms with van der Waals surface area (Å²) in [7, 11) is 0. The normalized spacial score (nSPS) is 10.8. The van der Waals surface area contributed by atoms with Crippen molar-refractivity contribution < 1.29 is 4.74 Å². The Morgan fingerprint density at radius 3 is 2.70 bits per heavy atom. The van der Waals surface area contributed by atoms with E-state index in [4.69, 9.17) is 4.74 Å². The summed E-state index contributed by atoms with van der Waals surface area (Å²) in [6.45, 7) is 6.56. The molecule has 0 aliphatic heterocycles. The molecular formula is C15H17Br2NOS. The average Bonchev–Trinajstić information content (AvgIpc) is 2.80. The lowest BCUT2D eigenvalue weighted by Gasteiger charge is -2.15. The van der Waals surface area contributed by atoms with E-state index < -0.39 is 0 Å². The first-order chi connectivity index (χ1) is 9.60. The lowest BCUT2D eigenvalue weighted by molar-refractivity contribution is 0.303. The number of benzene rings is 1. The number of nitrogens with one attached hydrogen (secondary N) is 1. The number of aryl methyl sites for hydroxylation is 1. The summed E-state index contributed by atoms with van der Waals surface area (Å²) in [5.74, 6) is 0.985. The maximum atomic E-state index is 6.05. The molecule has 1 aromatic heterocycles. The van der Waals surface area contributed by atoms with Gasteiger partial charge in [0.2, 0.25) is 0 Å². The van der Waals surface area contributed by atoms with E-state index in [1.807, 2.05) is 0 Å². The number of halogens is 2. The smallest absolute Gasteiger partial charge is 0.127 e. The van der Waals surface area contributed by atoms with Crippen LogP contribution in [0.2, 0.25) is 0 Å². The topological polar surface area (TPSA) is 21.3 Å². The van der Waals surface area contributed by atoms with Crippen molar-refractivity contribution in [2.24, 2.45) is 0 Å². The lowest BCUT2D eigenvalue weighted by atomic mass is 10.1. The molecule has 0 spiro atoms. The highest BCUT2D eigenvalue weighted by molar-refractivity contribution is 9.11. The molecule has 0 unspecified atom stereocenters. The molecule has 0 saturated heterocycles. The first-order valence-electron chi connectivity index (χ1n) is 6.47. The van der Waals surface area contributed by atoms with Gasteiger partial charge in [0, 0.05) is 21.5 Å². The van der Waals surface area contributed by atoms with Crippen molar-refractivity contribution in [2.45, 2.75) is 27.0 Å². The number of thiophene rings is 1. The van der Waals surface area contributed by atoms with Crippen LogP contribution in [-0.4, -0.2) is 6.54 Å². The Balaban J connectivity index is 2.16. The largest absolute Gasteiger partial charge is 0.487 e. The summed E-state index contributed by atoms with van der Waals surface area (Å²) < 4.78 is 8.28. The van der Waals surface area contributed by atoms with Crippen LogP contribution in [0.4, 0.5) is 0 Å². The second-order valence-electron chi connectivity index (χ2n) is 4.49. The van der Waals surface area contributed by atoms with Gasteiger partial charge >= 0.3 is 0 Å². The van der Waals surface area contributed by atoms with Crippen molar-refractivity contribution in [1.82, 2.24) is 5.32 Å². The molecular weight excluding hydrogens is 402 g/mol. The molecule has 0 radical (unpaired) electrons. The summed E-state index contributed by atoms with van der Waals surface area (Å²) in [6, 6.07) is 8.36. The Labute approximate surface area is 140 Å². The molecule has 0 amide bonds. The van der Waals surface area contributed by atoms with Gasteiger partial charge in [-0.1, -0.05) is 22.9 Å². The SMILES string of the molecule is CCNCc1cc(Br)cc(C)c1OCc1ccc(Br)s1. The molecule has 0 aliphatic carbocycles. The van der Waals surface area contributed by atoms with Crippen LogP contribution >= 0.6 is 43.2 Å². The fourth-order valence-corrected chi connectivity index (χ4v) is 3.99. The molecule has 0 fully saturated rings. The minimum Gasteiger partial charge on any atom is -0.487 e. The van der Waals surface area contributed by atoms with Gasteiger partial charge < -0.3 is 10.1 Å². The Hall–Kier alpha value is -0.360. The molecule has 1 aromatic carbocycles. The van der Waals surface area contributed by atoms with Gasteiger partial charge in [0.15, 0.2) is 0 Å². The van der Waals surface area contributed by atoms with E-state index in [1.54, 1.807) is 11.3 Å². The Morgan fingerprint density at radius 2 is 2.05 bits per heavy atom. The zero-order valence-corrected chi connectivity index (χ0v) is 15.5. The Bertz CT molecular complexity index is 583. The van der Waals surface area contributed by atoms with Gasteiger partial charge in [-0.2, -0.15) is 0 Å². The highest BCUT2D eigenvalue weighted by Gasteiger charge is 2.10. The van der Waals surface area contributed by atoms with Crippen molar-refractivity contribution in [3.05, 3.63) is 48.5 Å². The van der Waals surface area contributed by atoms with E-state index >= 15 is 0 Å². The predicted molar refractivity (Wildman–Crippen MR) is 92.6 cm³/mol. The minimum atomic E-state index is 0.609. The Kier molecular flexibility index (Phi) is 6.08. The Morgan fingerprint density at radius 1 is 1.25 bits per heavy atom. The van der Waals surface area contributed by atoms with Gasteiger partial charge in [0.1, 0.15) is 12.4 Å². The van der Waals surface area contributed by atoms with Crippen molar-refractivity contribution in [2.75, 3.05) is 6.54 Å². The molecule has 5 heteroatoms. The van der Waals surface area contributed by atoms with Crippen molar-refractivity contribution in [1.29, 1.82) is 0 Å². The van der Waals surface area contributed by atoms with Gasteiger partial charge in [0.25, 0.3) is 0 Å². The van der Waals surface area contributed by atoms with E-state index in [1.165, 1.54) is 10.4 Å². The van der Waals surface area contributed by atoms with Gasteiger partial charge in [-0.3, -0.25) is 0 Å². The predicted octanol–water partition coefficient (Wildman–Crippen LogP) is 5.27. The minimum absolute atomic E-state index is 0.609. The summed E-state index contributed by atoms with van der Waals surface area (Å²) >= 11 is 8.74. The van der Waals surface area contributed by atoms with Crippen LogP contribution < -0.4 is 10.1 Å². The van der Waals surface area contributed by atoms with Crippen LogP contribution in [0.1, 0.15) is 22.9 Å². The molecule has 20 heavy (non-hydrogen) atoms. The molecule has 2 rings (SSSR count). The zero-order chi connectivity index (χ0) is 14.5. The van der Waals surface area contributed by atoms with E-state index in [0.29, 0.717) is 6.61 Å². The maximum Gasteiger partial charge on any atom is 0.127 e. The van der Waals surface area contributed by atoms with Crippen LogP contribution in [0.5, 0.6) is 5.75 Å². The summed E-state index contributed by atoms with van der Waals surface area (Å²) in [6.07, 6.45) is 0. The quantitative estimate of drug-likeness (QED) is 0.689. The molecule has 108 valence electrons. The summed E-state index contributed by atoms with van der Waals surface area (Å²) in [5.41, 5.74) is 2.34. The number of hydrogen-bond donors (Lipinski definition) is 1. The van der Waals surface area contributed by atoms with Crippen LogP contribution in [0.25, 0.3) is 0 Å². The lowest BCUT2D eigenvalue weighted by Crippen LogP contribution is -2.13. The monoisotopic (exact) mass is 417 g/mol. The van der Waals surface area contributed by atoms with Gasteiger partial charge in [-0.15, -0.1) is 11.3 Å². The summed E-state index contributed by atoms with van der Waals surface area (Å²) in [5, 5.41) is 3.36. The standard InChI is InChI=1S/C15H17Br2NOS/c1-3-18-8-11-7-12(16)6-10(2)15(11)19-9-13-4-5-14(17)20-13/h4-7,18H,3,8-9H2,1-2H3. The molecule has 1 N–H and O–H groups in total. The number of rotatable bonds is 6. The first-order valence-corrected chi connectivity index (χ1v) is 8.87. The van der Waals surface area contributed by atoms with Crippen LogP contribution in [0.3, 0.4) is 0 Å².